The number of hydrogen-bond donors (Lipinski definition) is 0. The van der Waals surface area contributed by atoms with Crippen LogP contribution in [-0.2, 0) is 6.42 Å². The normalized spacial score (nSPS) is 12.3. The molecule has 0 aromatic heterocycles. The Kier molecular flexibility index (Phi) is 4.15. The van der Waals surface area contributed by atoms with E-state index in [1.54, 1.807) is 14.0 Å². The van der Waals surface area contributed by atoms with Gasteiger partial charge in [0, 0.05) is 0 Å². The summed E-state index contributed by atoms with van der Waals surface area (Å²) in [6.07, 6.45) is 0.890. The molecule has 0 N–H and O–H groups in total. The lowest BCUT2D eigenvalue weighted by molar-refractivity contribution is 0.0988. The highest BCUT2D eigenvalue weighted by molar-refractivity contribution is 6.33. The number of benzene rings is 1. The molecule has 0 spiro atoms. The van der Waals surface area contributed by atoms with Gasteiger partial charge in [-0.15, -0.1) is 11.6 Å². The number of ether oxygens (including phenoxy) is 1. The Morgan fingerprint density at radius 3 is 2.67 bits per heavy atom. The number of aryl methyl sites for hydroxylation is 1. The van der Waals surface area contributed by atoms with Crippen LogP contribution in [0.2, 0.25) is 0 Å². The minimum absolute atomic E-state index is 0.0937. The first kappa shape index (κ1) is 12.1. The SMILES string of the molecule is CCc1ccc(OC)c(C(=O)C(C)Cl)c1. The minimum Gasteiger partial charge on any atom is -0.496 e. The third-order valence-corrected chi connectivity index (χ3v) is 2.50. The summed E-state index contributed by atoms with van der Waals surface area (Å²) in [7, 11) is 1.55. The molecular formula is C12H15ClO2. The second-order valence-electron chi connectivity index (χ2n) is 3.37. The number of hydrogen-bond acceptors (Lipinski definition) is 2. The van der Waals surface area contributed by atoms with Crippen molar-refractivity contribution in [2.45, 2.75) is 25.6 Å². The highest BCUT2D eigenvalue weighted by Gasteiger charge is 2.17. The monoisotopic (exact) mass is 226 g/mol. The highest BCUT2D eigenvalue weighted by Crippen LogP contribution is 2.22. The Morgan fingerprint density at radius 1 is 1.53 bits per heavy atom. The van der Waals surface area contributed by atoms with Crippen LogP contribution in [0.25, 0.3) is 0 Å². The molecule has 0 heterocycles. The van der Waals surface area contributed by atoms with Crippen molar-refractivity contribution >= 4 is 17.4 Å². The second-order valence-corrected chi connectivity index (χ2v) is 4.02. The predicted molar refractivity (Wildman–Crippen MR) is 62.0 cm³/mol. The van der Waals surface area contributed by atoms with Crippen molar-refractivity contribution in [1.29, 1.82) is 0 Å². The van der Waals surface area contributed by atoms with Crippen LogP contribution in [0.15, 0.2) is 18.2 Å². The molecule has 0 amide bonds. The summed E-state index contributed by atoms with van der Waals surface area (Å²) >= 11 is 5.78. The lowest BCUT2D eigenvalue weighted by Crippen LogP contribution is -2.12. The standard InChI is InChI=1S/C12H15ClO2/c1-4-9-5-6-11(15-3)10(7-9)12(14)8(2)13/h5-8H,4H2,1-3H3. The molecular weight excluding hydrogens is 212 g/mol. The molecule has 1 atom stereocenters. The van der Waals surface area contributed by atoms with Gasteiger partial charge in [0.15, 0.2) is 5.78 Å². The number of methoxy groups -OCH3 is 1. The smallest absolute Gasteiger partial charge is 0.184 e. The third kappa shape index (κ3) is 2.72. The quantitative estimate of drug-likeness (QED) is 0.583. The molecule has 0 aliphatic rings. The van der Waals surface area contributed by atoms with Crippen molar-refractivity contribution in [1.82, 2.24) is 0 Å². The van der Waals surface area contributed by atoms with E-state index >= 15 is 0 Å². The fourth-order valence-electron chi connectivity index (χ4n) is 1.38. The summed E-state index contributed by atoms with van der Waals surface area (Å²) in [5.74, 6) is 0.494. The molecule has 0 saturated heterocycles. The van der Waals surface area contributed by atoms with Gasteiger partial charge < -0.3 is 4.74 Å². The Morgan fingerprint density at radius 2 is 2.20 bits per heavy atom. The number of Topliss-reactive ketones (excluding diaryl/α,β-unsaturated/α-hetero) is 1. The number of carbonyl (C=O) groups excluding carboxylic acids is 1. The van der Waals surface area contributed by atoms with Crippen LogP contribution in [0, 0.1) is 0 Å². The lowest BCUT2D eigenvalue weighted by Gasteiger charge is -2.10. The summed E-state index contributed by atoms with van der Waals surface area (Å²) in [6.45, 7) is 3.71. The van der Waals surface area contributed by atoms with E-state index in [4.69, 9.17) is 16.3 Å². The van der Waals surface area contributed by atoms with Gasteiger partial charge in [-0.3, -0.25) is 4.79 Å². The van der Waals surface area contributed by atoms with E-state index in [2.05, 4.69) is 0 Å². The van der Waals surface area contributed by atoms with Crippen LogP contribution in [-0.4, -0.2) is 18.3 Å². The van der Waals surface area contributed by atoms with Crippen molar-refractivity contribution in [3.8, 4) is 5.75 Å². The maximum absolute atomic E-state index is 11.8. The maximum atomic E-state index is 11.8. The lowest BCUT2D eigenvalue weighted by atomic mass is 10.0. The molecule has 0 saturated carbocycles. The molecule has 0 aliphatic carbocycles. The number of rotatable bonds is 4. The second kappa shape index (κ2) is 5.17. The Balaban J connectivity index is 3.17. The van der Waals surface area contributed by atoms with Gasteiger partial charge in [-0.2, -0.15) is 0 Å². The molecule has 1 unspecified atom stereocenters. The molecule has 0 bridgehead atoms. The third-order valence-electron chi connectivity index (χ3n) is 2.30. The van der Waals surface area contributed by atoms with E-state index in [0.717, 1.165) is 12.0 Å². The number of alkyl halides is 1. The molecule has 0 fully saturated rings. The summed E-state index contributed by atoms with van der Waals surface area (Å²) < 4.78 is 5.14. The molecule has 1 rings (SSSR count). The van der Waals surface area contributed by atoms with Crippen molar-refractivity contribution in [2.75, 3.05) is 7.11 Å². The van der Waals surface area contributed by atoms with Gasteiger partial charge in [-0.05, 0) is 31.0 Å². The van der Waals surface area contributed by atoms with Gasteiger partial charge >= 0.3 is 0 Å². The number of ketones is 1. The van der Waals surface area contributed by atoms with Gasteiger partial charge in [0.25, 0.3) is 0 Å². The predicted octanol–water partition coefficient (Wildman–Crippen LogP) is 3.07. The van der Waals surface area contributed by atoms with Crippen LogP contribution in [0.5, 0.6) is 5.75 Å². The summed E-state index contributed by atoms with van der Waals surface area (Å²) in [4.78, 5) is 11.8. The zero-order chi connectivity index (χ0) is 11.4. The molecule has 0 radical (unpaired) electrons. The minimum atomic E-state index is -0.522. The fourth-order valence-corrected chi connectivity index (χ4v) is 1.50. The van der Waals surface area contributed by atoms with Gasteiger partial charge in [0.05, 0.1) is 18.1 Å². The fraction of sp³-hybridized carbons (Fsp3) is 0.417. The summed E-state index contributed by atoms with van der Waals surface area (Å²) in [6, 6.07) is 5.61. The van der Waals surface area contributed by atoms with Gasteiger partial charge in [0.1, 0.15) is 5.75 Å². The average Bonchev–Trinajstić information content (AvgIpc) is 2.27. The van der Waals surface area contributed by atoms with Gasteiger partial charge in [-0.25, -0.2) is 0 Å². The van der Waals surface area contributed by atoms with Crippen LogP contribution in [0.3, 0.4) is 0 Å². The maximum Gasteiger partial charge on any atom is 0.184 e. The molecule has 0 aliphatic heterocycles. The first-order valence-corrected chi connectivity index (χ1v) is 5.39. The van der Waals surface area contributed by atoms with E-state index in [-0.39, 0.29) is 5.78 Å². The Bertz CT molecular complexity index is 359. The van der Waals surface area contributed by atoms with Crippen LogP contribution in [0.1, 0.15) is 29.8 Å². The van der Waals surface area contributed by atoms with Crippen LogP contribution in [0.4, 0.5) is 0 Å². The van der Waals surface area contributed by atoms with Crippen molar-refractivity contribution in [3.05, 3.63) is 29.3 Å². The molecule has 1 aromatic carbocycles. The Labute approximate surface area is 95.2 Å². The van der Waals surface area contributed by atoms with Crippen LogP contribution < -0.4 is 4.74 Å². The average molecular weight is 227 g/mol. The van der Waals surface area contributed by atoms with E-state index in [1.807, 2.05) is 25.1 Å². The zero-order valence-corrected chi connectivity index (χ0v) is 9.97. The van der Waals surface area contributed by atoms with E-state index in [1.165, 1.54) is 0 Å². The highest BCUT2D eigenvalue weighted by atomic mass is 35.5. The van der Waals surface area contributed by atoms with Crippen molar-refractivity contribution in [3.63, 3.8) is 0 Å². The zero-order valence-electron chi connectivity index (χ0n) is 9.21. The first-order valence-electron chi connectivity index (χ1n) is 4.95. The van der Waals surface area contributed by atoms with Gasteiger partial charge in [-0.1, -0.05) is 13.0 Å². The number of carbonyl (C=O) groups is 1. The van der Waals surface area contributed by atoms with Crippen molar-refractivity contribution in [2.24, 2.45) is 0 Å². The van der Waals surface area contributed by atoms with Crippen molar-refractivity contribution < 1.29 is 9.53 Å². The molecule has 3 heteroatoms. The largest absolute Gasteiger partial charge is 0.496 e. The molecule has 1 aromatic rings. The van der Waals surface area contributed by atoms with Gasteiger partial charge in [0.2, 0.25) is 0 Å². The first-order chi connectivity index (χ1) is 7.10. The molecule has 2 nitrogen and oxygen atoms in total. The molecule has 82 valence electrons. The summed E-state index contributed by atoms with van der Waals surface area (Å²) in [5, 5.41) is -0.522. The van der Waals surface area contributed by atoms with E-state index in [9.17, 15) is 4.79 Å². The Hall–Kier alpha value is -1.02. The van der Waals surface area contributed by atoms with Crippen LogP contribution >= 0.6 is 11.6 Å². The summed E-state index contributed by atoms with van der Waals surface area (Å²) in [5.41, 5.74) is 1.68. The van der Waals surface area contributed by atoms with E-state index < -0.39 is 5.38 Å². The topological polar surface area (TPSA) is 26.3 Å². The molecule has 15 heavy (non-hydrogen) atoms. The van der Waals surface area contributed by atoms with E-state index in [0.29, 0.717) is 11.3 Å². The number of halogens is 1.